The zero-order valence-corrected chi connectivity index (χ0v) is 19.3. The summed E-state index contributed by atoms with van der Waals surface area (Å²) in [5.74, 6) is -1.72. The Bertz CT molecular complexity index is 1460. The van der Waals surface area contributed by atoms with Crippen LogP contribution in [0.1, 0.15) is 22.0 Å². The van der Waals surface area contributed by atoms with E-state index in [1.54, 1.807) is 42.5 Å². The summed E-state index contributed by atoms with van der Waals surface area (Å²) in [5.41, 5.74) is 7.75. The first-order valence-electron chi connectivity index (χ1n) is 10.7. The Balaban J connectivity index is 1.59. The van der Waals surface area contributed by atoms with Gasteiger partial charge in [0, 0.05) is 11.1 Å². The van der Waals surface area contributed by atoms with E-state index in [1.165, 1.54) is 24.3 Å². The Morgan fingerprint density at radius 3 is 2.09 bits per heavy atom. The number of hydrogen-bond donors (Lipinski definition) is 2. The Hall–Kier alpha value is -4.43. The third-order valence-corrected chi connectivity index (χ3v) is 6.59. The molecule has 0 aliphatic heterocycles. The largest absolute Gasteiger partial charge is 0.444 e. The van der Waals surface area contributed by atoms with Crippen molar-refractivity contribution < 1.29 is 22.7 Å². The van der Waals surface area contributed by atoms with E-state index >= 15 is 0 Å². The van der Waals surface area contributed by atoms with E-state index in [1.807, 2.05) is 42.5 Å². The molecule has 1 unspecified atom stereocenters. The van der Waals surface area contributed by atoms with Crippen LogP contribution in [0.3, 0.4) is 0 Å². The molecule has 4 aromatic carbocycles. The number of nitrogens with two attached hydrogens (primary N) is 1. The molecule has 3 N–H and O–H groups in total. The molecule has 0 fully saturated rings. The van der Waals surface area contributed by atoms with E-state index in [-0.39, 0.29) is 10.5 Å². The van der Waals surface area contributed by atoms with Crippen molar-refractivity contribution in [3.8, 4) is 11.1 Å². The van der Waals surface area contributed by atoms with Gasteiger partial charge in [-0.1, -0.05) is 84.9 Å². The molecule has 0 bridgehead atoms. The third-order valence-electron chi connectivity index (χ3n) is 5.22. The second-order valence-corrected chi connectivity index (χ2v) is 9.33. The number of para-hydroxylation sites is 1. The molecule has 7 nitrogen and oxygen atoms in total. The Kier molecular flexibility index (Phi) is 6.93. The van der Waals surface area contributed by atoms with E-state index in [4.69, 9.17) is 10.5 Å². The second kappa shape index (κ2) is 10.2. The van der Waals surface area contributed by atoms with Gasteiger partial charge in [0.15, 0.2) is 0 Å². The molecule has 0 heterocycles. The first kappa shape index (κ1) is 23.7. The first-order valence-corrected chi connectivity index (χ1v) is 12.2. The number of nitrogens with one attached hydrogen (secondary N) is 1. The van der Waals surface area contributed by atoms with Gasteiger partial charge in [0.25, 0.3) is 15.9 Å². The maximum absolute atomic E-state index is 13.2. The second-order valence-electron chi connectivity index (χ2n) is 7.64. The van der Waals surface area contributed by atoms with Crippen molar-refractivity contribution in [2.45, 2.75) is 11.0 Å². The highest BCUT2D eigenvalue weighted by molar-refractivity contribution is 7.92. The van der Waals surface area contributed by atoms with E-state index in [9.17, 15) is 18.0 Å². The molecule has 0 saturated heterocycles. The van der Waals surface area contributed by atoms with Gasteiger partial charge in [-0.25, -0.2) is 13.2 Å². The predicted molar refractivity (Wildman–Crippen MR) is 133 cm³/mol. The van der Waals surface area contributed by atoms with E-state index < -0.39 is 28.0 Å². The summed E-state index contributed by atoms with van der Waals surface area (Å²) >= 11 is 0. The van der Waals surface area contributed by atoms with Crippen LogP contribution in [0.25, 0.3) is 11.1 Å². The lowest BCUT2D eigenvalue weighted by Gasteiger charge is -2.16. The topological polar surface area (TPSA) is 116 Å². The summed E-state index contributed by atoms with van der Waals surface area (Å²) in [5, 5.41) is 0. The van der Waals surface area contributed by atoms with Crippen LogP contribution in [-0.4, -0.2) is 20.3 Å². The molecule has 4 aromatic rings. The lowest BCUT2D eigenvalue weighted by atomic mass is 10.0. The van der Waals surface area contributed by atoms with Gasteiger partial charge in [0.2, 0.25) is 6.10 Å². The molecular formula is C27H22N2O5S. The zero-order chi connectivity index (χ0) is 24.8. The molecule has 1 atom stereocenters. The average molecular weight is 487 g/mol. The highest BCUT2D eigenvalue weighted by Gasteiger charge is 2.24. The number of ether oxygens (including phenoxy) is 1. The quantitative estimate of drug-likeness (QED) is 0.355. The lowest BCUT2D eigenvalue weighted by molar-refractivity contribution is -0.127. The van der Waals surface area contributed by atoms with Gasteiger partial charge in [-0.15, -0.1) is 0 Å². The van der Waals surface area contributed by atoms with Crippen LogP contribution in [0.5, 0.6) is 0 Å². The van der Waals surface area contributed by atoms with Crippen LogP contribution < -0.4 is 10.5 Å². The van der Waals surface area contributed by atoms with Gasteiger partial charge in [0.05, 0.1) is 16.1 Å². The van der Waals surface area contributed by atoms with Gasteiger partial charge in [-0.3, -0.25) is 9.52 Å². The SMILES string of the molecule is NC(=O)C(OC(=O)c1cccc(S(=O)(=O)Nc2ccccc2-c2ccccc2)c1)c1ccccc1. The summed E-state index contributed by atoms with van der Waals surface area (Å²) in [6, 6.07) is 30.1. The van der Waals surface area contributed by atoms with Crippen LogP contribution in [0.4, 0.5) is 5.69 Å². The van der Waals surface area contributed by atoms with Gasteiger partial charge in [0.1, 0.15) is 0 Å². The Labute approximate surface area is 203 Å². The minimum Gasteiger partial charge on any atom is -0.444 e. The summed E-state index contributed by atoms with van der Waals surface area (Å²) in [7, 11) is -4.05. The van der Waals surface area contributed by atoms with Crippen LogP contribution in [0.2, 0.25) is 0 Å². The van der Waals surface area contributed by atoms with E-state index in [0.717, 1.165) is 5.56 Å². The van der Waals surface area contributed by atoms with Crippen molar-refractivity contribution >= 4 is 27.6 Å². The minimum atomic E-state index is -4.05. The highest BCUT2D eigenvalue weighted by atomic mass is 32.2. The maximum Gasteiger partial charge on any atom is 0.339 e. The zero-order valence-electron chi connectivity index (χ0n) is 18.5. The van der Waals surface area contributed by atoms with Gasteiger partial charge >= 0.3 is 5.97 Å². The normalized spacial score (nSPS) is 11.9. The number of hydrogen-bond acceptors (Lipinski definition) is 5. The Morgan fingerprint density at radius 2 is 1.40 bits per heavy atom. The van der Waals surface area contributed by atoms with E-state index in [0.29, 0.717) is 16.8 Å². The number of carbonyl (C=O) groups is 2. The van der Waals surface area contributed by atoms with Crippen molar-refractivity contribution in [1.82, 2.24) is 0 Å². The highest BCUT2D eigenvalue weighted by Crippen LogP contribution is 2.29. The van der Waals surface area contributed by atoms with Crippen molar-refractivity contribution in [1.29, 1.82) is 0 Å². The molecule has 176 valence electrons. The molecule has 1 amide bonds. The van der Waals surface area contributed by atoms with Gasteiger partial charge in [-0.05, 0) is 29.8 Å². The summed E-state index contributed by atoms with van der Waals surface area (Å²) in [6.07, 6.45) is -1.31. The van der Waals surface area contributed by atoms with Gasteiger partial charge < -0.3 is 10.5 Å². The number of benzene rings is 4. The van der Waals surface area contributed by atoms with Gasteiger partial charge in [-0.2, -0.15) is 0 Å². The molecule has 0 aliphatic carbocycles. The molecule has 0 saturated carbocycles. The van der Waals surface area contributed by atoms with Crippen LogP contribution in [-0.2, 0) is 19.6 Å². The molecule has 35 heavy (non-hydrogen) atoms. The first-order chi connectivity index (χ1) is 16.8. The van der Waals surface area contributed by atoms with Crippen LogP contribution >= 0.6 is 0 Å². The summed E-state index contributed by atoms with van der Waals surface area (Å²) < 4.78 is 34.3. The standard InChI is InChI=1S/C27H22N2O5S/c28-26(30)25(20-12-5-2-6-13-20)34-27(31)21-14-9-15-22(18-21)35(32,33)29-24-17-8-7-16-23(24)19-10-3-1-4-11-19/h1-18,25,29H,(H2,28,30). The fourth-order valence-electron chi connectivity index (χ4n) is 3.53. The number of anilines is 1. The monoisotopic (exact) mass is 486 g/mol. The fraction of sp³-hybridized carbons (Fsp3) is 0.0370. The molecule has 8 heteroatoms. The molecule has 0 spiro atoms. The lowest BCUT2D eigenvalue weighted by Crippen LogP contribution is -2.26. The number of primary amides is 1. The van der Waals surface area contributed by atoms with Crippen LogP contribution in [0.15, 0.2) is 114 Å². The molecule has 4 rings (SSSR count). The van der Waals surface area contributed by atoms with Crippen molar-refractivity contribution in [3.63, 3.8) is 0 Å². The van der Waals surface area contributed by atoms with Crippen molar-refractivity contribution in [2.24, 2.45) is 5.73 Å². The van der Waals surface area contributed by atoms with E-state index in [2.05, 4.69) is 4.72 Å². The molecule has 0 aromatic heterocycles. The summed E-state index contributed by atoms with van der Waals surface area (Å²) in [6.45, 7) is 0. The van der Waals surface area contributed by atoms with Crippen molar-refractivity contribution in [3.05, 3.63) is 120 Å². The van der Waals surface area contributed by atoms with Crippen molar-refractivity contribution in [2.75, 3.05) is 4.72 Å². The number of carbonyl (C=O) groups excluding carboxylic acids is 2. The average Bonchev–Trinajstić information content (AvgIpc) is 2.88. The number of amides is 1. The Morgan fingerprint density at radius 1 is 0.771 bits per heavy atom. The fourth-order valence-corrected chi connectivity index (χ4v) is 4.65. The number of rotatable bonds is 8. The summed E-state index contributed by atoms with van der Waals surface area (Å²) in [4.78, 5) is 24.5. The molecular weight excluding hydrogens is 464 g/mol. The third kappa shape index (κ3) is 5.56. The predicted octanol–water partition coefficient (Wildman–Crippen LogP) is 4.54. The molecule has 0 aliphatic rings. The smallest absolute Gasteiger partial charge is 0.339 e. The maximum atomic E-state index is 13.2. The van der Waals surface area contributed by atoms with Crippen LogP contribution in [0, 0.1) is 0 Å². The number of esters is 1. The minimum absolute atomic E-state index is 0.0357. The molecule has 0 radical (unpaired) electrons. The number of sulfonamides is 1.